The lowest BCUT2D eigenvalue weighted by Gasteiger charge is -2.13. The van der Waals surface area contributed by atoms with Gasteiger partial charge in [-0.2, -0.15) is 0 Å². The van der Waals surface area contributed by atoms with Crippen LogP contribution in [0.5, 0.6) is 5.75 Å². The molecule has 2 unspecified atom stereocenters. The Morgan fingerprint density at radius 1 is 1.44 bits per heavy atom. The van der Waals surface area contributed by atoms with Crippen LogP contribution in [0, 0.1) is 0 Å². The molecule has 0 saturated carbocycles. The Kier molecular flexibility index (Phi) is 3.92. The molecule has 0 amide bonds. The van der Waals surface area contributed by atoms with Gasteiger partial charge in [-0.3, -0.25) is 0 Å². The van der Waals surface area contributed by atoms with Gasteiger partial charge >= 0.3 is 0 Å². The summed E-state index contributed by atoms with van der Waals surface area (Å²) in [6, 6.07) is 7.40. The monoisotopic (exact) mass is 269 g/mol. The highest BCUT2D eigenvalue weighted by atomic mass is 32.2. The number of ether oxygens (including phenoxy) is 1. The molecule has 0 aliphatic carbocycles. The summed E-state index contributed by atoms with van der Waals surface area (Å²) in [5.41, 5.74) is 6.78. The molecule has 5 heteroatoms. The maximum Gasteiger partial charge on any atom is 0.155 e. The number of para-hydroxylation sites is 1. The van der Waals surface area contributed by atoms with Crippen molar-refractivity contribution in [2.24, 2.45) is 5.73 Å². The standard InChI is InChI=1S/C13H19NO3S/c1-2-11(14)8-18(15,16)9-12-7-10-5-3-4-6-13(10)17-12/h3-6,11-12H,2,7-9,14H2,1H3. The molecule has 1 aliphatic rings. The molecule has 4 nitrogen and oxygen atoms in total. The van der Waals surface area contributed by atoms with Gasteiger partial charge < -0.3 is 10.5 Å². The summed E-state index contributed by atoms with van der Waals surface area (Å²) in [5, 5.41) is 0. The van der Waals surface area contributed by atoms with Crippen molar-refractivity contribution in [3.8, 4) is 5.75 Å². The van der Waals surface area contributed by atoms with Gasteiger partial charge in [0.15, 0.2) is 9.84 Å². The predicted octanol–water partition coefficient (Wildman–Crippen LogP) is 1.14. The second kappa shape index (κ2) is 5.28. The van der Waals surface area contributed by atoms with E-state index in [1.54, 1.807) is 0 Å². The van der Waals surface area contributed by atoms with Crippen LogP contribution in [0.4, 0.5) is 0 Å². The van der Waals surface area contributed by atoms with Crippen molar-refractivity contribution in [3.63, 3.8) is 0 Å². The zero-order chi connectivity index (χ0) is 13.2. The third kappa shape index (κ3) is 3.23. The van der Waals surface area contributed by atoms with Crippen LogP contribution in [-0.4, -0.2) is 32.1 Å². The van der Waals surface area contributed by atoms with Crippen LogP contribution in [0.1, 0.15) is 18.9 Å². The number of benzene rings is 1. The Labute approximate surface area is 108 Å². The number of fused-ring (bicyclic) bond motifs is 1. The fraction of sp³-hybridized carbons (Fsp3) is 0.538. The van der Waals surface area contributed by atoms with Crippen molar-refractivity contribution in [1.82, 2.24) is 0 Å². The summed E-state index contributed by atoms with van der Waals surface area (Å²) in [4.78, 5) is 0. The Morgan fingerprint density at radius 3 is 2.83 bits per heavy atom. The first-order chi connectivity index (χ1) is 8.50. The van der Waals surface area contributed by atoms with Crippen molar-refractivity contribution in [3.05, 3.63) is 29.8 Å². The molecular weight excluding hydrogens is 250 g/mol. The Bertz CT molecular complexity index is 488. The lowest BCUT2D eigenvalue weighted by Crippen LogP contribution is -2.34. The maximum atomic E-state index is 11.9. The minimum Gasteiger partial charge on any atom is -0.489 e. The molecule has 0 spiro atoms. The van der Waals surface area contributed by atoms with Crippen molar-refractivity contribution >= 4 is 9.84 Å². The second-order valence-electron chi connectivity index (χ2n) is 4.80. The fourth-order valence-electron chi connectivity index (χ4n) is 2.14. The highest BCUT2D eigenvalue weighted by Crippen LogP contribution is 2.28. The smallest absolute Gasteiger partial charge is 0.155 e. The van der Waals surface area contributed by atoms with E-state index in [0.29, 0.717) is 12.8 Å². The van der Waals surface area contributed by atoms with Crippen LogP contribution in [0.3, 0.4) is 0 Å². The predicted molar refractivity (Wildman–Crippen MR) is 71.5 cm³/mol. The Morgan fingerprint density at radius 2 is 2.17 bits per heavy atom. The molecule has 2 atom stereocenters. The van der Waals surface area contributed by atoms with Crippen LogP contribution < -0.4 is 10.5 Å². The molecule has 0 radical (unpaired) electrons. The number of sulfone groups is 1. The highest BCUT2D eigenvalue weighted by molar-refractivity contribution is 7.91. The molecule has 1 aliphatic heterocycles. The number of hydrogen-bond donors (Lipinski definition) is 1. The first-order valence-electron chi connectivity index (χ1n) is 6.20. The van der Waals surface area contributed by atoms with Gasteiger partial charge in [-0.1, -0.05) is 25.1 Å². The van der Waals surface area contributed by atoms with E-state index in [-0.39, 0.29) is 23.7 Å². The molecule has 1 aromatic rings. The van der Waals surface area contributed by atoms with Crippen LogP contribution >= 0.6 is 0 Å². The summed E-state index contributed by atoms with van der Waals surface area (Å²) in [7, 11) is -3.14. The summed E-state index contributed by atoms with van der Waals surface area (Å²) in [5.74, 6) is 0.896. The van der Waals surface area contributed by atoms with Crippen LogP contribution in [0.15, 0.2) is 24.3 Å². The summed E-state index contributed by atoms with van der Waals surface area (Å²) >= 11 is 0. The van der Waals surface area contributed by atoms with Gasteiger partial charge in [0, 0.05) is 12.5 Å². The van der Waals surface area contributed by atoms with Gasteiger partial charge in [0.1, 0.15) is 11.9 Å². The molecule has 0 aromatic heterocycles. The van der Waals surface area contributed by atoms with E-state index in [1.165, 1.54) is 0 Å². The van der Waals surface area contributed by atoms with Gasteiger partial charge in [-0.15, -0.1) is 0 Å². The highest BCUT2D eigenvalue weighted by Gasteiger charge is 2.28. The van der Waals surface area contributed by atoms with E-state index in [4.69, 9.17) is 10.5 Å². The van der Waals surface area contributed by atoms with Crippen LogP contribution in [0.2, 0.25) is 0 Å². The second-order valence-corrected chi connectivity index (χ2v) is 6.95. The molecule has 1 aromatic carbocycles. The summed E-state index contributed by atoms with van der Waals surface area (Å²) in [6.07, 6.45) is 1.07. The van der Waals surface area contributed by atoms with Crippen molar-refractivity contribution in [2.45, 2.75) is 31.9 Å². The third-order valence-electron chi connectivity index (χ3n) is 3.15. The molecule has 18 heavy (non-hydrogen) atoms. The average Bonchev–Trinajstić information content (AvgIpc) is 2.68. The van der Waals surface area contributed by atoms with Gasteiger partial charge in [0.2, 0.25) is 0 Å². The largest absolute Gasteiger partial charge is 0.489 e. The summed E-state index contributed by atoms with van der Waals surface area (Å²) < 4.78 is 29.5. The van der Waals surface area contributed by atoms with Crippen molar-refractivity contribution < 1.29 is 13.2 Å². The summed E-state index contributed by atoms with van der Waals surface area (Å²) in [6.45, 7) is 1.89. The quantitative estimate of drug-likeness (QED) is 0.870. The van der Waals surface area contributed by atoms with E-state index >= 15 is 0 Å². The molecule has 0 saturated heterocycles. The first kappa shape index (κ1) is 13.4. The van der Waals surface area contributed by atoms with E-state index in [0.717, 1.165) is 11.3 Å². The lowest BCUT2D eigenvalue weighted by molar-refractivity contribution is 0.256. The minimum absolute atomic E-state index is 0.0414. The zero-order valence-corrected chi connectivity index (χ0v) is 11.3. The molecule has 0 bridgehead atoms. The zero-order valence-electron chi connectivity index (χ0n) is 10.5. The fourth-order valence-corrected chi connectivity index (χ4v) is 3.92. The third-order valence-corrected chi connectivity index (χ3v) is 4.96. The van der Waals surface area contributed by atoms with Gasteiger partial charge in [0.05, 0.1) is 11.5 Å². The SMILES string of the molecule is CCC(N)CS(=O)(=O)CC1Cc2ccccc2O1. The lowest BCUT2D eigenvalue weighted by atomic mass is 10.1. The van der Waals surface area contributed by atoms with E-state index in [1.807, 2.05) is 31.2 Å². The molecule has 0 fully saturated rings. The van der Waals surface area contributed by atoms with Crippen LogP contribution in [0.25, 0.3) is 0 Å². The molecule has 1 heterocycles. The number of nitrogens with two attached hydrogens (primary N) is 1. The first-order valence-corrected chi connectivity index (χ1v) is 8.03. The van der Waals surface area contributed by atoms with Gasteiger partial charge in [-0.25, -0.2) is 8.42 Å². The minimum atomic E-state index is -3.14. The topological polar surface area (TPSA) is 69.4 Å². The van der Waals surface area contributed by atoms with Crippen molar-refractivity contribution in [2.75, 3.05) is 11.5 Å². The van der Waals surface area contributed by atoms with E-state index < -0.39 is 9.84 Å². The van der Waals surface area contributed by atoms with Gasteiger partial charge in [0.25, 0.3) is 0 Å². The number of rotatable bonds is 5. The van der Waals surface area contributed by atoms with Gasteiger partial charge in [-0.05, 0) is 18.1 Å². The normalized spacial score (nSPS) is 20.2. The maximum absolute atomic E-state index is 11.9. The molecule has 2 N–H and O–H groups in total. The molecule has 100 valence electrons. The van der Waals surface area contributed by atoms with E-state index in [9.17, 15) is 8.42 Å². The molecular formula is C13H19NO3S. The molecule has 2 rings (SSSR count). The average molecular weight is 269 g/mol. The Balaban J connectivity index is 1.97. The van der Waals surface area contributed by atoms with Crippen LogP contribution in [-0.2, 0) is 16.3 Å². The number of hydrogen-bond acceptors (Lipinski definition) is 4. The van der Waals surface area contributed by atoms with E-state index in [2.05, 4.69) is 0 Å². The Hall–Kier alpha value is -1.07. The van der Waals surface area contributed by atoms with Crippen molar-refractivity contribution in [1.29, 1.82) is 0 Å².